The van der Waals surface area contributed by atoms with Crippen LogP contribution < -0.4 is 14.9 Å². The van der Waals surface area contributed by atoms with E-state index in [9.17, 15) is 9.90 Å². The predicted molar refractivity (Wildman–Crippen MR) is 100 cm³/mol. The molecule has 0 saturated heterocycles. The number of nitrogens with one attached hydrogen (secondary N) is 2. The van der Waals surface area contributed by atoms with Crippen molar-refractivity contribution < 1.29 is 19.4 Å². The number of carbonyl (C=O) groups is 1. The van der Waals surface area contributed by atoms with Crippen molar-refractivity contribution in [3.63, 3.8) is 0 Å². The molecule has 0 saturated carbocycles. The average molecular weight is 366 g/mol. The normalized spacial score (nSPS) is 10.7. The summed E-state index contributed by atoms with van der Waals surface area (Å²) >= 11 is 0. The van der Waals surface area contributed by atoms with Gasteiger partial charge < -0.3 is 14.6 Å². The van der Waals surface area contributed by atoms with Crippen molar-refractivity contribution in [2.24, 2.45) is 5.10 Å². The monoisotopic (exact) mass is 366 g/mol. The quantitative estimate of drug-likeness (QED) is 0.459. The Morgan fingerprint density at radius 3 is 2.67 bits per heavy atom. The lowest BCUT2D eigenvalue weighted by atomic mass is 10.1. The summed E-state index contributed by atoms with van der Waals surface area (Å²) in [6.07, 6.45) is 1.33. The molecule has 0 radical (unpaired) electrons. The number of hydrogen-bond acceptors (Lipinski definition) is 6. The molecular weight excluding hydrogens is 348 g/mol. The van der Waals surface area contributed by atoms with Crippen LogP contribution in [-0.4, -0.2) is 41.6 Å². The number of hydrazone groups is 1. The molecule has 0 unspecified atom stereocenters. The molecule has 0 aliphatic heterocycles. The maximum absolute atomic E-state index is 12.2. The molecule has 3 N–H and O–H groups in total. The molecule has 8 nitrogen and oxygen atoms in total. The molecule has 1 amide bonds. The van der Waals surface area contributed by atoms with Crippen molar-refractivity contribution in [2.45, 2.75) is 0 Å². The Morgan fingerprint density at radius 2 is 1.89 bits per heavy atom. The topological polar surface area (TPSA) is 109 Å². The molecule has 0 spiro atoms. The molecule has 2 aromatic carbocycles. The van der Waals surface area contributed by atoms with Crippen molar-refractivity contribution in [3.8, 4) is 28.5 Å². The number of rotatable bonds is 6. The third-order valence-electron chi connectivity index (χ3n) is 3.83. The number of amides is 1. The van der Waals surface area contributed by atoms with E-state index in [-0.39, 0.29) is 11.4 Å². The van der Waals surface area contributed by atoms with Crippen molar-refractivity contribution in [1.29, 1.82) is 0 Å². The van der Waals surface area contributed by atoms with Crippen molar-refractivity contribution in [2.75, 3.05) is 14.2 Å². The zero-order valence-electron chi connectivity index (χ0n) is 14.8. The van der Waals surface area contributed by atoms with Gasteiger partial charge in [0, 0.05) is 11.1 Å². The molecule has 3 aromatic rings. The standard InChI is InChI=1S/C19H18N4O4/c1-26-16-8-4-3-7-13(16)14-10-15(22-21-14)19(25)23-20-11-12-6-5-9-17(27-2)18(12)24/h3-11,24H,1-2H3,(H,21,22)(H,23,25). The summed E-state index contributed by atoms with van der Waals surface area (Å²) in [5.41, 5.74) is 4.37. The highest BCUT2D eigenvalue weighted by molar-refractivity contribution is 5.94. The van der Waals surface area contributed by atoms with Gasteiger partial charge in [-0.05, 0) is 30.3 Å². The number of carbonyl (C=O) groups excluding carboxylic acids is 1. The van der Waals surface area contributed by atoms with Crippen LogP contribution in [0.4, 0.5) is 0 Å². The first-order chi connectivity index (χ1) is 13.1. The SMILES string of the molecule is COc1ccccc1-c1cc(C(=O)NN=Cc2cccc(OC)c2O)[nH]n1. The fourth-order valence-electron chi connectivity index (χ4n) is 2.46. The van der Waals surface area contributed by atoms with E-state index >= 15 is 0 Å². The number of phenols is 1. The number of nitrogens with zero attached hydrogens (tertiary/aromatic N) is 2. The highest BCUT2D eigenvalue weighted by atomic mass is 16.5. The summed E-state index contributed by atoms with van der Waals surface area (Å²) in [7, 11) is 3.02. The second kappa shape index (κ2) is 8.05. The lowest BCUT2D eigenvalue weighted by molar-refractivity contribution is 0.0950. The molecule has 0 fully saturated rings. The zero-order chi connectivity index (χ0) is 19.2. The van der Waals surface area contributed by atoms with Gasteiger partial charge in [0.25, 0.3) is 5.91 Å². The van der Waals surface area contributed by atoms with Crippen LogP contribution >= 0.6 is 0 Å². The van der Waals surface area contributed by atoms with E-state index in [0.717, 1.165) is 5.56 Å². The number of hydrogen-bond donors (Lipinski definition) is 3. The number of H-pyrrole nitrogens is 1. The number of aromatic amines is 1. The number of benzene rings is 2. The van der Waals surface area contributed by atoms with Gasteiger partial charge in [0.1, 0.15) is 11.4 Å². The molecule has 3 rings (SSSR count). The van der Waals surface area contributed by atoms with Crippen LogP contribution in [0.2, 0.25) is 0 Å². The molecule has 27 heavy (non-hydrogen) atoms. The molecular formula is C19H18N4O4. The Kier molecular flexibility index (Phi) is 5.36. The van der Waals surface area contributed by atoms with Gasteiger partial charge >= 0.3 is 0 Å². The predicted octanol–water partition coefficient (Wildman–Crippen LogP) is 2.56. The lowest BCUT2D eigenvalue weighted by Gasteiger charge is -2.04. The average Bonchev–Trinajstić information content (AvgIpc) is 3.19. The minimum absolute atomic E-state index is 0.0574. The maximum Gasteiger partial charge on any atom is 0.289 e. The van der Waals surface area contributed by atoms with Gasteiger partial charge in [-0.2, -0.15) is 10.2 Å². The first-order valence-corrected chi connectivity index (χ1v) is 8.02. The Balaban J connectivity index is 1.72. The van der Waals surface area contributed by atoms with Crippen molar-refractivity contribution in [3.05, 3.63) is 59.8 Å². The summed E-state index contributed by atoms with van der Waals surface area (Å²) in [6.45, 7) is 0. The van der Waals surface area contributed by atoms with Crippen LogP contribution in [0.1, 0.15) is 16.1 Å². The largest absolute Gasteiger partial charge is 0.504 e. The van der Waals surface area contributed by atoms with Crippen molar-refractivity contribution in [1.82, 2.24) is 15.6 Å². The van der Waals surface area contributed by atoms with Crippen LogP contribution in [-0.2, 0) is 0 Å². The van der Waals surface area contributed by atoms with Gasteiger partial charge in [-0.1, -0.05) is 18.2 Å². The molecule has 0 aliphatic carbocycles. The van der Waals surface area contributed by atoms with E-state index in [2.05, 4.69) is 20.7 Å². The lowest BCUT2D eigenvalue weighted by Crippen LogP contribution is -2.18. The summed E-state index contributed by atoms with van der Waals surface area (Å²) < 4.78 is 10.3. The summed E-state index contributed by atoms with van der Waals surface area (Å²) in [6, 6.07) is 13.9. The molecule has 1 aromatic heterocycles. The smallest absolute Gasteiger partial charge is 0.289 e. The van der Waals surface area contributed by atoms with Gasteiger partial charge in [-0.3, -0.25) is 9.89 Å². The number of aromatic hydroxyl groups is 1. The molecule has 138 valence electrons. The first-order valence-electron chi connectivity index (χ1n) is 8.02. The fraction of sp³-hybridized carbons (Fsp3) is 0.105. The van der Waals surface area contributed by atoms with E-state index in [4.69, 9.17) is 9.47 Å². The molecule has 0 atom stereocenters. The molecule has 8 heteroatoms. The second-order valence-corrected chi connectivity index (χ2v) is 5.46. The van der Waals surface area contributed by atoms with Crippen molar-refractivity contribution >= 4 is 12.1 Å². The number of aromatic nitrogens is 2. The Hall–Kier alpha value is -3.81. The first kappa shape index (κ1) is 18.0. The third kappa shape index (κ3) is 3.90. The number of phenolic OH excluding ortho intramolecular Hbond substituents is 1. The van der Waals surface area contributed by atoms with E-state index in [1.54, 1.807) is 31.4 Å². The summed E-state index contributed by atoms with van der Waals surface area (Å²) in [5.74, 6) is 0.447. The summed E-state index contributed by atoms with van der Waals surface area (Å²) in [4.78, 5) is 12.2. The van der Waals surface area contributed by atoms with E-state index < -0.39 is 5.91 Å². The number of methoxy groups -OCH3 is 2. The van der Waals surface area contributed by atoms with E-state index in [1.807, 2.05) is 24.3 Å². The Bertz CT molecular complexity index is 981. The highest BCUT2D eigenvalue weighted by Gasteiger charge is 2.13. The van der Waals surface area contributed by atoms with Crippen LogP contribution in [0.5, 0.6) is 17.2 Å². The van der Waals surface area contributed by atoms with Crippen LogP contribution in [0.25, 0.3) is 11.3 Å². The Morgan fingerprint density at radius 1 is 1.15 bits per heavy atom. The highest BCUT2D eigenvalue weighted by Crippen LogP contribution is 2.29. The maximum atomic E-state index is 12.2. The number of para-hydroxylation sites is 2. The summed E-state index contributed by atoms with van der Waals surface area (Å²) in [5, 5.41) is 20.7. The third-order valence-corrected chi connectivity index (χ3v) is 3.83. The van der Waals surface area contributed by atoms with Gasteiger partial charge in [-0.15, -0.1) is 0 Å². The van der Waals surface area contributed by atoms with Gasteiger partial charge in [0.2, 0.25) is 0 Å². The van der Waals surface area contributed by atoms with Crippen LogP contribution in [0, 0.1) is 0 Å². The molecule has 0 aliphatic rings. The molecule has 0 bridgehead atoms. The van der Waals surface area contributed by atoms with Crippen LogP contribution in [0.3, 0.4) is 0 Å². The van der Waals surface area contributed by atoms with E-state index in [1.165, 1.54) is 13.3 Å². The van der Waals surface area contributed by atoms with Gasteiger partial charge in [0.05, 0.1) is 26.1 Å². The van der Waals surface area contributed by atoms with E-state index in [0.29, 0.717) is 22.8 Å². The minimum Gasteiger partial charge on any atom is -0.504 e. The number of ether oxygens (including phenoxy) is 2. The zero-order valence-corrected chi connectivity index (χ0v) is 14.8. The Labute approximate surface area is 155 Å². The fourth-order valence-corrected chi connectivity index (χ4v) is 2.46. The van der Waals surface area contributed by atoms with Crippen LogP contribution in [0.15, 0.2) is 53.6 Å². The minimum atomic E-state index is -0.470. The molecule has 1 heterocycles. The second-order valence-electron chi connectivity index (χ2n) is 5.46. The van der Waals surface area contributed by atoms with Gasteiger partial charge in [0.15, 0.2) is 11.5 Å². The van der Waals surface area contributed by atoms with Gasteiger partial charge in [-0.25, -0.2) is 5.43 Å².